The van der Waals surface area contributed by atoms with Crippen LogP contribution in [0.5, 0.6) is 0 Å². The Hall–Kier alpha value is -0.636. The van der Waals surface area contributed by atoms with Gasteiger partial charge < -0.3 is 10.7 Å². The van der Waals surface area contributed by atoms with Crippen LogP contribution in [-0.2, 0) is 39.1 Å². The Morgan fingerprint density at radius 3 is 2.13 bits per heavy atom. The number of nitrogens with zero attached hydrogens (tertiary/aromatic N) is 1. The van der Waals surface area contributed by atoms with Gasteiger partial charge in [0.25, 0.3) is 0 Å². The fraction of sp³-hybridized carbons (Fsp3) is 0.316. The summed E-state index contributed by atoms with van der Waals surface area (Å²) in [5.41, 5.74) is 1.97. The standard InChI is InChI=1S/C15H15N2S.2C2H6.Y/c1-18-14-9-5-6-12(10-14)11-15(16)17-13-7-3-2-4-8-13;2*1-2;/h2-10H,11H2,1H3,(H-,16,17);2*1-2H3;/q-1;;;. The summed E-state index contributed by atoms with van der Waals surface area (Å²) >= 11 is 1.71. The predicted octanol–water partition coefficient (Wildman–Crippen LogP) is 6.68. The van der Waals surface area contributed by atoms with E-state index in [2.05, 4.69) is 23.7 Å². The molecule has 0 aliphatic rings. The number of amidine groups is 1. The number of rotatable bonds is 4. The summed E-state index contributed by atoms with van der Waals surface area (Å²) in [6.07, 6.45) is 2.63. The van der Waals surface area contributed by atoms with E-state index in [4.69, 9.17) is 5.41 Å². The van der Waals surface area contributed by atoms with E-state index >= 15 is 0 Å². The van der Waals surface area contributed by atoms with Crippen LogP contribution in [0.2, 0.25) is 0 Å². The van der Waals surface area contributed by atoms with Gasteiger partial charge in [-0.1, -0.05) is 76.0 Å². The fourth-order valence-corrected chi connectivity index (χ4v) is 2.16. The smallest absolute Gasteiger partial charge is 0.00719 e. The van der Waals surface area contributed by atoms with Gasteiger partial charge in [-0.2, -0.15) is 0 Å². The van der Waals surface area contributed by atoms with Gasteiger partial charge in [-0.25, -0.2) is 0 Å². The zero-order chi connectivity index (χ0) is 16.8. The molecule has 4 heteroatoms. The van der Waals surface area contributed by atoms with Crippen molar-refractivity contribution in [1.82, 2.24) is 0 Å². The van der Waals surface area contributed by atoms with Gasteiger partial charge in [0.2, 0.25) is 0 Å². The number of hydrogen-bond donors (Lipinski definition) is 1. The van der Waals surface area contributed by atoms with E-state index in [1.165, 1.54) is 4.90 Å². The molecule has 0 unspecified atom stereocenters. The summed E-state index contributed by atoms with van der Waals surface area (Å²) < 4.78 is 0. The van der Waals surface area contributed by atoms with Crippen molar-refractivity contribution in [2.45, 2.75) is 39.0 Å². The third kappa shape index (κ3) is 10.7. The first-order chi connectivity index (χ1) is 10.8. The molecule has 0 bridgehead atoms. The Labute approximate surface area is 171 Å². The Morgan fingerprint density at radius 1 is 0.957 bits per heavy atom. The normalized spacial score (nSPS) is 8.39. The second kappa shape index (κ2) is 16.2. The molecule has 0 aliphatic heterocycles. The van der Waals surface area contributed by atoms with Gasteiger partial charge in [0.15, 0.2) is 0 Å². The number of thioether (sulfide) groups is 1. The predicted molar refractivity (Wildman–Crippen MR) is 102 cm³/mol. The molecule has 123 valence electrons. The van der Waals surface area contributed by atoms with Crippen molar-refractivity contribution in [1.29, 1.82) is 5.41 Å². The van der Waals surface area contributed by atoms with Crippen LogP contribution < -0.4 is 0 Å². The average molecular weight is 404 g/mol. The largest absolute Gasteiger partial charge is 0.485 e. The second-order valence-electron chi connectivity index (χ2n) is 3.92. The Kier molecular flexibility index (Phi) is 17.4. The summed E-state index contributed by atoms with van der Waals surface area (Å²) in [5, 5.41) is 12.2. The Balaban J connectivity index is 0. The molecule has 1 radical (unpaired) electrons. The van der Waals surface area contributed by atoms with E-state index in [1.807, 2.05) is 70.2 Å². The van der Waals surface area contributed by atoms with Gasteiger partial charge in [-0.3, -0.25) is 0 Å². The number of nitrogens with one attached hydrogen (secondary N) is 1. The van der Waals surface area contributed by atoms with Crippen molar-refractivity contribution in [3.63, 3.8) is 0 Å². The van der Waals surface area contributed by atoms with Crippen molar-refractivity contribution < 1.29 is 32.7 Å². The summed E-state index contributed by atoms with van der Waals surface area (Å²) in [4.78, 5) is 1.22. The van der Waals surface area contributed by atoms with E-state index < -0.39 is 0 Å². The molecule has 2 rings (SSSR count). The summed E-state index contributed by atoms with van der Waals surface area (Å²) in [6.45, 7) is 8.00. The van der Waals surface area contributed by atoms with Crippen LogP contribution in [0.1, 0.15) is 33.3 Å². The zero-order valence-electron chi connectivity index (χ0n) is 14.8. The molecule has 0 saturated carbocycles. The number of para-hydroxylation sites is 1. The molecule has 2 nitrogen and oxygen atoms in total. The molecule has 0 atom stereocenters. The molecular weight excluding hydrogens is 377 g/mol. The van der Waals surface area contributed by atoms with Crippen molar-refractivity contribution in [3.05, 3.63) is 65.5 Å². The van der Waals surface area contributed by atoms with Crippen LogP contribution in [0, 0.1) is 5.41 Å². The van der Waals surface area contributed by atoms with Crippen LogP contribution in [0.4, 0.5) is 5.69 Å². The number of hydrogen-bond acceptors (Lipinski definition) is 2. The molecule has 0 aliphatic carbocycles. The molecule has 0 fully saturated rings. The molecule has 2 aromatic carbocycles. The molecule has 2 aromatic rings. The van der Waals surface area contributed by atoms with Crippen molar-refractivity contribution in [3.8, 4) is 0 Å². The van der Waals surface area contributed by atoms with Crippen LogP contribution >= 0.6 is 11.8 Å². The fourth-order valence-electron chi connectivity index (χ4n) is 1.67. The van der Waals surface area contributed by atoms with Gasteiger partial charge in [0.1, 0.15) is 0 Å². The third-order valence-corrected chi connectivity index (χ3v) is 3.25. The average Bonchev–Trinajstić information content (AvgIpc) is 2.59. The minimum atomic E-state index is 0. The molecule has 0 amide bonds. The monoisotopic (exact) mass is 404 g/mol. The zero-order valence-corrected chi connectivity index (χ0v) is 18.5. The molecule has 1 N–H and O–H groups in total. The maximum absolute atomic E-state index is 7.92. The van der Waals surface area contributed by atoms with Crippen LogP contribution in [0.15, 0.2) is 59.5 Å². The van der Waals surface area contributed by atoms with E-state index in [9.17, 15) is 0 Å². The minimum absolute atomic E-state index is 0. The van der Waals surface area contributed by atoms with Gasteiger partial charge in [-0.05, 0) is 36.1 Å². The molecular formula is C19H27N2SY-. The number of benzene rings is 2. The third-order valence-electron chi connectivity index (χ3n) is 2.53. The van der Waals surface area contributed by atoms with Gasteiger partial charge in [-0.15, -0.1) is 11.8 Å². The summed E-state index contributed by atoms with van der Waals surface area (Å²) in [6, 6.07) is 17.9. The van der Waals surface area contributed by atoms with E-state index in [0.29, 0.717) is 12.3 Å². The van der Waals surface area contributed by atoms with Crippen LogP contribution in [-0.4, -0.2) is 12.1 Å². The Bertz CT molecular complexity index is 530. The van der Waals surface area contributed by atoms with Crippen LogP contribution in [0.25, 0.3) is 5.32 Å². The first kappa shape index (κ1) is 24.6. The van der Waals surface area contributed by atoms with E-state index in [-0.39, 0.29) is 32.7 Å². The maximum Gasteiger partial charge on any atom is 0.00719 e. The van der Waals surface area contributed by atoms with Gasteiger partial charge in [0, 0.05) is 37.6 Å². The topological polar surface area (TPSA) is 38.0 Å². The summed E-state index contributed by atoms with van der Waals surface area (Å²) in [5.74, 6) is 0.388. The van der Waals surface area contributed by atoms with E-state index in [0.717, 1.165) is 11.3 Å². The molecule has 0 spiro atoms. The van der Waals surface area contributed by atoms with E-state index in [1.54, 1.807) is 11.8 Å². The van der Waals surface area contributed by atoms with Crippen molar-refractivity contribution in [2.24, 2.45) is 0 Å². The van der Waals surface area contributed by atoms with Crippen molar-refractivity contribution >= 4 is 23.3 Å². The Morgan fingerprint density at radius 2 is 1.57 bits per heavy atom. The second-order valence-corrected chi connectivity index (χ2v) is 4.80. The molecule has 23 heavy (non-hydrogen) atoms. The first-order valence-electron chi connectivity index (χ1n) is 7.75. The van der Waals surface area contributed by atoms with Gasteiger partial charge in [0.05, 0.1) is 0 Å². The van der Waals surface area contributed by atoms with Gasteiger partial charge >= 0.3 is 0 Å². The van der Waals surface area contributed by atoms with Crippen molar-refractivity contribution in [2.75, 3.05) is 6.26 Å². The molecule has 0 saturated heterocycles. The van der Waals surface area contributed by atoms with Crippen LogP contribution in [0.3, 0.4) is 0 Å². The molecule has 0 heterocycles. The quantitative estimate of drug-likeness (QED) is 0.344. The molecule has 0 aromatic heterocycles. The SMILES string of the molecule is CC.CC.CSc1cccc(CC(=N)[N-]c2ccccc2)c1.[Y]. The minimum Gasteiger partial charge on any atom is -0.485 e. The maximum atomic E-state index is 7.92. The summed E-state index contributed by atoms with van der Waals surface area (Å²) in [7, 11) is 0. The first-order valence-corrected chi connectivity index (χ1v) is 8.97.